The molecular formula is C6H7F6N3. The second kappa shape index (κ2) is 3.46. The molecule has 15 heavy (non-hydrogen) atoms. The van der Waals surface area contributed by atoms with Gasteiger partial charge in [-0.1, -0.05) is 4.48 Å². The average molecular weight is 235 g/mol. The maximum absolute atomic E-state index is 12.8. The van der Waals surface area contributed by atoms with Crippen LogP contribution in [0.3, 0.4) is 0 Å². The third kappa shape index (κ3) is 1.82. The van der Waals surface area contributed by atoms with E-state index in [2.05, 4.69) is 5.10 Å². The van der Waals surface area contributed by atoms with Gasteiger partial charge in [0, 0.05) is 6.54 Å². The molecule has 1 heterocycles. The molecule has 0 amide bonds. The zero-order valence-corrected chi connectivity index (χ0v) is 7.47. The largest absolute Gasteiger partial charge is 0.457 e. The predicted octanol–water partition coefficient (Wildman–Crippen LogP) is 1.98. The summed E-state index contributed by atoms with van der Waals surface area (Å²) in [4.78, 5) is 0. The Morgan fingerprint density at radius 1 is 1.27 bits per heavy atom. The molecule has 0 aromatic rings. The van der Waals surface area contributed by atoms with Crippen molar-refractivity contribution < 1.29 is 26.4 Å². The van der Waals surface area contributed by atoms with Crippen molar-refractivity contribution in [2.75, 3.05) is 6.54 Å². The number of rotatable bonds is 2. The van der Waals surface area contributed by atoms with Crippen molar-refractivity contribution in [2.24, 2.45) is 5.10 Å². The molecule has 1 rings (SSSR count). The fraction of sp³-hybridized carbons (Fsp3) is 0.833. The summed E-state index contributed by atoms with van der Waals surface area (Å²) in [6, 6.07) is 0. The Bertz CT molecular complexity index is 262. The van der Waals surface area contributed by atoms with Gasteiger partial charge in [0.2, 0.25) is 6.17 Å². The zero-order valence-electron chi connectivity index (χ0n) is 7.47. The average Bonchev–Trinajstić information content (AvgIpc) is 2.44. The molecule has 0 aliphatic carbocycles. The molecule has 0 saturated carbocycles. The summed E-state index contributed by atoms with van der Waals surface area (Å²) in [5, 5.41) is 2.65. The molecule has 88 valence electrons. The van der Waals surface area contributed by atoms with E-state index in [9.17, 15) is 26.4 Å². The molecule has 0 bridgehead atoms. The lowest BCUT2D eigenvalue weighted by Crippen LogP contribution is -2.57. The van der Waals surface area contributed by atoms with Gasteiger partial charge in [-0.3, -0.25) is 5.01 Å². The fourth-order valence-electron chi connectivity index (χ4n) is 1.11. The van der Waals surface area contributed by atoms with E-state index in [0.717, 1.165) is 0 Å². The Labute approximate surface area is 80.9 Å². The van der Waals surface area contributed by atoms with Crippen molar-refractivity contribution >= 4 is 6.34 Å². The molecule has 0 aromatic carbocycles. The van der Waals surface area contributed by atoms with Gasteiger partial charge in [-0.15, -0.1) is 0 Å². The van der Waals surface area contributed by atoms with Crippen LogP contribution in [0, 0.1) is 0 Å². The Morgan fingerprint density at radius 2 is 1.80 bits per heavy atom. The maximum Gasteiger partial charge on any atom is 0.457 e. The van der Waals surface area contributed by atoms with E-state index in [0.29, 0.717) is 5.01 Å². The van der Waals surface area contributed by atoms with E-state index in [4.69, 9.17) is 0 Å². The Morgan fingerprint density at radius 3 is 2.20 bits per heavy atom. The first-order chi connectivity index (χ1) is 6.71. The molecule has 1 atom stereocenters. The molecule has 0 aromatic heterocycles. The third-order valence-electron chi connectivity index (χ3n) is 1.85. The lowest BCUT2D eigenvalue weighted by atomic mass is 10.2. The van der Waals surface area contributed by atoms with Crippen molar-refractivity contribution in [3.8, 4) is 0 Å². The van der Waals surface area contributed by atoms with Gasteiger partial charge in [0.25, 0.3) is 0 Å². The van der Waals surface area contributed by atoms with Gasteiger partial charge >= 0.3 is 12.1 Å². The van der Waals surface area contributed by atoms with Gasteiger partial charge < -0.3 is 0 Å². The summed E-state index contributed by atoms with van der Waals surface area (Å²) >= 11 is 0. The van der Waals surface area contributed by atoms with Gasteiger partial charge in [-0.05, 0) is 6.92 Å². The molecule has 9 heteroatoms. The summed E-state index contributed by atoms with van der Waals surface area (Å²) < 4.78 is 74.1. The molecule has 0 radical (unpaired) electrons. The lowest BCUT2D eigenvalue weighted by Gasteiger charge is -2.32. The van der Waals surface area contributed by atoms with Gasteiger partial charge in [-0.25, -0.2) is 0 Å². The smallest absolute Gasteiger partial charge is 0.264 e. The molecule has 0 N–H and O–H groups in total. The molecular weight excluding hydrogens is 228 g/mol. The normalized spacial score (nSPS) is 22.7. The molecule has 0 spiro atoms. The summed E-state index contributed by atoms with van der Waals surface area (Å²) in [5.41, 5.74) is 0. The van der Waals surface area contributed by atoms with Crippen LogP contribution in [0.15, 0.2) is 5.10 Å². The number of alkyl halides is 5. The Kier molecular flexibility index (Phi) is 2.75. The van der Waals surface area contributed by atoms with Crippen LogP contribution in [0.5, 0.6) is 0 Å². The molecule has 3 nitrogen and oxygen atoms in total. The van der Waals surface area contributed by atoms with Gasteiger partial charge in [0.05, 0.1) is 0 Å². The van der Waals surface area contributed by atoms with Crippen LogP contribution < -0.4 is 0 Å². The molecule has 0 fully saturated rings. The van der Waals surface area contributed by atoms with Gasteiger partial charge in [0.1, 0.15) is 6.34 Å². The molecule has 0 saturated heterocycles. The molecule has 1 aliphatic heterocycles. The zero-order chi connectivity index (χ0) is 11.9. The Hall–Kier alpha value is -1.15. The fourth-order valence-corrected chi connectivity index (χ4v) is 1.11. The van der Waals surface area contributed by atoms with E-state index >= 15 is 0 Å². The minimum atomic E-state index is -5.82. The quantitative estimate of drug-likeness (QED) is 0.538. The van der Waals surface area contributed by atoms with Crippen molar-refractivity contribution in [1.29, 1.82) is 0 Å². The SMILES string of the molecule is CCN1N=CN(F)C1C(F)(F)C(F)(F)F. The van der Waals surface area contributed by atoms with E-state index < -0.39 is 23.4 Å². The maximum atomic E-state index is 12.8. The van der Waals surface area contributed by atoms with Gasteiger partial charge in [0.15, 0.2) is 0 Å². The first-order valence-corrected chi connectivity index (χ1v) is 3.91. The highest BCUT2D eigenvalue weighted by molar-refractivity contribution is 5.55. The lowest BCUT2D eigenvalue weighted by molar-refractivity contribution is -0.323. The minimum absolute atomic E-state index is 0.257. The summed E-state index contributed by atoms with van der Waals surface area (Å²) in [7, 11) is 0. The molecule has 1 aliphatic rings. The second-order valence-electron chi connectivity index (χ2n) is 2.83. The highest BCUT2D eigenvalue weighted by Crippen LogP contribution is 2.42. The van der Waals surface area contributed by atoms with Crippen LogP contribution in [-0.2, 0) is 0 Å². The highest BCUT2D eigenvalue weighted by Gasteiger charge is 2.67. The number of hydrazone groups is 1. The second-order valence-corrected chi connectivity index (χ2v) is 2.83. The highest BCUT2D eigenvalue weighted by atomic mass is 19.4. The third-order valence-corrected chi connectivity index (χ3v) is 1.85. The predicted molar refractivity (Wildman–Crippen MR) is 38.6 cm³/mol. The summed E-state index contributed by atoms with van der Waals surface area (Å²) in [5.74, 6) is -5.19. The van der Waals surface area contributed by atoms with Crippen LogP contribution in [-0.4, -0.2) is 41.3 Å². The van der Waals surface area contributed by atoms with Crippen LogP contribution >= 0.6 is 0 Å². The van der Waals surface area contributed by atoms with E-state index in [1.807, 2.05) is 0 Å². The van der Waals surface area contributed by atoms with Crippen LogP contribution in [0.4, 0.5) is 26.4 Å². The van der Waals surface area contributed by atoms with Crippen molar-refractivity contribution in [2.45, 2.75) is 25.2 Å². The van der Waals surface area contributed by atoms with Crippen molar-refractivity contribution in [3.63, 3.8) is 0 Å². The van der Waals surface area contributed by atoms with E-state index in [1.165, 1.54) is 6.92 Å². The topological polar surface area (TPSA) is 18.8 Å². The first-order valence-electron chi connectivity index (χ1n) is 3.91. The standard InChI is InChI=1S/C6H7F6N3/c1-2-15-4(14(12)3-13-15)5(7,8)6(9,10)11/h3-4H,2H2,1H3. The van der Waals surface area contributed by atoms with E-state index in [-0.39, 0.29) is 12.9 Å². The number of nitrogens with zero attached hydrogens (tertiary/aromatic N) is 3. The minimum Gasteiger partial charge on any atom is -0.264 e. The van der Waals surface area contributed by atoms with E-state index in [1.54, 1.807) is 0 Å². The number of hydrogen-bond acceptors (Lipinski definition) is 3. The number of hydrogen-bond donors (Lipinski definition) is 0. The first kappa shape index (κ1) is 11.9. The van der Waals surface area contributed by atoms with Gasteiger partial charge in [-0.2, -0.15) is 32.2 Å². The Balaban J connectivity index is 2.96. The number of halogens is 6. The van der Waals surface area contributed by atoms with Crippen LogP contribution in [0.2, 0.25) is 0 Å². The molecule has 1 unspecified atom stereocenters. The summed E-state index contributed by atoms with van der Waals surface area (Å²) in [6.07, 6.45) is -8.29. The van der Waals surface area contributed by atoms with Crippen molar-refractivity contribution in [3.05, 3.63) is 0 Å². The van der Waals surface area contributed by atoms with Crippen molar-refractivity contribution in [1.82, 2.24) is 10.1 Å². The summed E-state index contributed by atoms with van der Waals surface area (Å²) in [6.45, 7) is 1.03. The van der Waals surface area contributed by atoms with Crippen LogP contribution in [0.25, 0.3) is 0 Å². The monoisotopic (exact) mass is 235 g/mol. The van der Waals surface area contributed by atoms with Crippen LogP contribution in [0.1, 0.15) is 6.92 Å².